The van der Waals surface area contributed by atoms with Crippen molar-refractivity contribution in [1.29, 1.82) is 0 Å². The number of rotatable bonds is 5. The monoisotopic (exact) mass is 489 g/mol. The number of anilines is 1. The van der Waals surface area contributed by atoms with E-state index in [4.69, 9.17) is 16.3 Å². The molecule has 4 aromatic rings. The van der Waals surface area contributed by atoms with Crippen LogP contribution in [0, 0.1) is 0 Å². The van der Waals surface area contributed by atoms with Gasteiger partial charge in [0, 0.05) is 24.5 Å². The first-order chi connectivity index (χ1) is 17.0. The molecular weight excluding hydrogens is 466 g/mol. The maximum Gasteiger partial charge on any atom is 0.272 e. The van der Waals surface area contributed by atoms with Gasteiger partial charge in [0.1, 0.15) is 11.5 Å². The van der Waals surface area contributed by atoms with E-state index in [9.17, 15) is 9.59 Å². The van der Waals surface area contributed by atoms with E-state index in [1.807, 2.05) is 54.3 Å². The molecule has 0 aliphatic carbocycles. The zero-order valence-corrected chi connectivity index (χ0v) is 19.9. The van der Waals surface area contributed by atoms with E-state index >= 15 is 0 Å². The highest BCUT2D eigenvalue weighted by molar-refractivity contribution is 6.35. The Morgan fingerprint density at radius 3 is 2.63 bits per heavy atom. The molecule has 2 aromatic carbocycles. The van der Waals surface area contributed by atoms with Gasteiger partial charge in [-0.3, -0.25) is 19.1 Å². The summed E-state index contributed by atoms with van der Waals surface area (Å²) < 4.78 is 6.98. The van der Waals surface area contributed by atoms with Crippen LogP contribution in [0.25, 0.3) is 16.5 Å². The summed E-state index contributed by atoms with van der Waals surface area (Å²) in [5, 5.41) is 4.51. The minimum absolute atomic E-state index is 0.207. The van der Waals surface area contributed by atoms with Gasteiger partial charge in [-0.15, -0.1) is 0 Å². The Balaban J connectivity index is 1.51. The summed E-state index contributed by atoms with van der Waals surface area (Å²) in [6.45, 7) is 4.44. The zero-order valence-electron chi connectivity index (χ0n) is 19.1. The van der Waals surface area contributed by atoms with Gasteiger partial charge in [-0.1, -0.05) is 41.9 Å². The lowest BCUT2D eigenvalue weighted by Crippen LogP contribution is -2.37. The zero-order chi connectivity index (χ0) is 24.4. The molecule has 1 N–H and O–H groups in total. The Kier molecular flexibility index (Phi) is 6.48. The predicted molar refractivity (Wildman–Crippen MR) is 136 cm³/mol. The molecule has 1 aliphatic heterocycles. The Morgan fingerprint density at radius 1 is 1.09 bits per heavy atom. The lowest BCUT2D eigenvalue weighted by Gasteiger charge is -2.27. The van der Waals surface area contributed by atoms with Crippen LogP contribution in [-0.4, -0.2) is 46.7 Å². The highest BCUT2D eigenvalue weighted by Gasteiger charge is 2.21. The molecule has 1 fully saturated rings. The van der Waals surface area contributed by atoms with Crippen molar-refractivity contribution in [1.82, 2.24) is 19.9 Å². The number of hydrogen-bond acceptors (Lipinski definition) is 6. The van der Waals surface area contributed by atoms with E-state index in [2.05, 4.69) is 15.3 Å². The van der Waals surface area contributed by atoms with Gasteiger partial charge < -0.3 is 15.0 Å². The lowest BCUT2D eigenvalue weighted by molar-refractivity contribution is 0.0933. The number of benzene rings is 2. The summed E-state index contributed by atoms with van der Waals surface area (Å²) in [5.74, 6) is 0.258. The average molecular weight is 490 g/mol. The molecule has 178 valence electrons. The van der Waals surface area contributed by atoms with Gasteiger partial charge in [-0.2, -0.15) is 0 Å². The number of aromatic nitrogens is 3. The Labute approximate surface area is 207 Å². The van der Waals surface area contributed by atoms with Crippen molar-refractivity contribution in [3.63, 3.8) is 0 Å². The van der Waals surface area contributed by atoms with Gasteiger partial charge in [0.15, 0.2) is 0 Å². The number of pyridine rings is 1. The van der Waals surface area contributed by atoms with Crippen LogP contribution in [0.5, 0.6) is 0 Å². The van der Waals surface area contributed by atoms with Crippen LogP contribution in [0.1, 0.15) is 29.1 Å². The normalized spacial score (nSPS) is 14.6. The molecule has 1 amide bonds. The first-order valence-corrected chi connectivity index (χ1v) is 11.8. The van der Waals surface area contributed by atoms with E-state index in [1.165, 1.54) is 6.20 Å². The molecule has 0 saturated carbocycles. The molecule has 1 saturated heterocycles. The van der Waals surface area contributed by atoms with Crippen molar-refractivity contribution in [2.45, 2.75) is 13.0 Å². The average Bonchev–Trinajstić information content (AvgIpc) is 2.89. The summed E-state index contributed by atoms with van der Waals surface area (Å²) in [5.41, 5.74) is 1.27. The van der Waals surface area contributed by atoms with Crippen LogP contribution in [0.3, 0.4) is 0 Å². The van der Waals surface area contributed by atoms with Crippen molar-refractivity contribution in [3.8, 4) is 5.69 Å². The van der Waals surface area contributed by atoms with Gasteiger partial charge in [0.25, 0.3) is 11.5 Å². The summed E-state index contributed by atoms with van der Waals surface area (Å²) in [6.07, 6.45) is 3.09. The number of carbonyl (C=O) groups excluding carboxylic acids is 1. The second kappa shape index (κ2) is 9.85. The van der Waals surface area contributed by atoms with E-state index in [0.29, 0.717) is 59.3 Å². The highest BCUT2D eigenvalue weighted by atomic mass is 35.5. The first kappa shape index (κ1) is 23.0. The fraction of sp³-hybridized carbons (Fsp3) is 0.231. The van der Waals surface area contributed by atoms with Crippen LogP contribution in [0.2, 0.25) is 5.02 Å². The van der Waals surface area contributed by atoms with Crippen LogP contribution in [-0.2, 0) is 4.74 Å². The minimum Gasteiger partial charge on any atom is -0.378 e. The molecule has 0 radical (unpaired) electrons. The maximum atomic E-state index is 13.6. The van der Waals surface area contributed by atoms with Crippen LogP contribution in [0.15, 0.2) is 71.8 Å². The number of halogens is 1. The number of ether oxygens (including phenoxy) is 1. The molecule has 2 aromatic heterocycles. The number of amides is 1. The molecule has 0 bridgehead atoms. The third-order valence-corrected chi connectivity index (χ3v) is 6.33. The second-order valence-electron chi connectivity index (χ2n) is 8.31. The molecule has 0 spiro atoms. The standard InChI is InChI=1S/C26H24ClN5O3/c1-17(29-25(33)21-15-28-16-23(30-21)31-10-12-35-13-11-31)22-14-18-6-5-9-20(27)24(18)26(34)32(22)19-7-3-2-4-8-19/h2-9,14-17H,10-13H2,1H3,(H,29,33). The third kappa shape index (κ3) is 4.62. The number of morpholine rings is 1. The van der Waals surface area contributed by atoms with Crippen LogP contribution < -0.4 is 15.8 Å². The molecule has 1 atom stereocenters. The molecule has 35 heavy (non-hydrogen) atoms. The van der Waals surface area contributed by atoms with E-state index < -0.39 is 6.04 Å². The van der Waals surface area contributed by atoms with Crippen LogP contribution >= 0.6 is 11.6 Å². The second-order valence-corrected chi connectivity index (χ2v) is 8.71. The quantitative estimate of drug-likeness (QED) is 0.459. The summed E-state index contributed by atoms with van der Waals surface area (Å²) in [4.78, 5) is 37.5. The Hall–Kier alpha value is -3.75. The summed E-state index contributed by atoms with van der Waals surface area (Å²) in [7, 11) is 0. The molecule has 1 unspecified atom stereocenters. The number of hydrogen-bond donors (Lipinski definition) is 1. The van der Waals surface area contributed by atoms with Gasteiger partial charge in [-0.05, 0) is 36.6 Å². The van der Waals surface area contributed by atoms with E-state index in [0.717, 1.165) is 0 Å². The van der Waals surface area contributed by atoms with Crippen LogP contribution in [0.4, 0.5) is 5.82 Å². The predicted octanol–water partition coefficient (Wildman–Crippen LogP) is 3.76. The van der Waals surface area contributed by atoms with Crippen molar-refractivity contribution < 1.29 is 9.53 Å². The molecule has 3 heterocycles. The number of para-hydroxylation sites is 1. The van der Waals surface area contributed by atoms with Gasteiger partial charge in [0.2, 0.25) is 0 Å². The smallest absolute Gasteiger partial charge is 0.272 e. The first-order valence-electron chi connectivity index (χ1n) is 11.4. The third-order valence-electron chi connectivity index (χ3n) is 6.02. The fourth-order valence-electron chi connectivity index (χ4n) is 4.26. The molecular formula is C26H24ClN5O3. The van der Waals surface area contributed by atoms with E-state index in [-0.39, 0.29) is 17.2 Å². The number of nitrogens with one attached hydrogen (secondary N) is 1. The van der Waals surface area contributed by atoms with Gasteiger partial charge >= 0.3 is 0 Å². The van der Waals surface area contributed by atoms with Crippen molar-refractivity contribution in [3.05, 3.63) is 93.8 Å². The number of carbonyl (C=O) groups is 1. The fourth-order valence-corrected chi connectivity index (χ4v) is 4.52. The van der Waals surface area contributed by atoms with Crippen molar-refractivity contribution in [2.24, 2.45) is 0 Å². The molecule has 8 nitrogen and oxygen atoms in total. The maximum absolute atomic E-state index is 13.6. The Bertz CT molecular complexity index is 1430. The molecule has 5 rings (SSSR count). The largest absolute Gasteiger partial charge is 0.378 e. The van der Waals surface area contributed by atoms with Crippen molar-refractivity contribution in [2.75, 3.05) is 31.2 Å². The number of fused-ring (bicyclic) bond motifs is 1. The van der Waals surface area contributed by atoms with E-state index in [1.54, 1.807) is 22.9 Å². The summed E-state index contributed by atoms with van der Waals surface area (Å²) >= 11 is 6.39. The summed E-state index contributed by atoms with van der Waals surface area (Å²) in [6, 6.07) is 16.0. The number of nitrogens with zero attached hydrogens (tertiary/aromatic N) is 4. The minimum atomic E-state index is -0.507. The Morgan fingerprint density at radius 2 is 1.86 bits per heavy atom. The topological polar surface area (TPSA) is 89.4 Å². The van der Waals surface area contributed by atoms with Gasteiger partial charge in [-0.25, -0.2) is 4.98 Å². The van der Waals surface area contributed by atoms with Crippen molar-refractivity contribution >= 4 is 34.1 Å². The highest BCUT2D eigenvalue weighted by Crippen LogP contribution is 2.25. The lowest BCUT2D eigenvalue weighted by atomic mass is 10.1. The molecule has 1 aliphatic rings. The SMILES string of the molecule is CC(NC(=O)c1cncc(N2CCOCC2)n1)c1cc2cccc(Cl)c2c(=O)n1-c1ccccc1. The van der Waals surface area contributed by atoms with Gasteiger partial charge in [0.05, 0.1) is 42.1 Å². The molecule has 9 heteroatoms.